The molecule has 4 heterocycles. The smallest absolute Gasteiger partial charge is 0.266 e. The van der Waals surface area contributed by atoms with E-state index in [1.165, 1.54) is 16.2 Å². The maximum absolute atomic E-state index is 13.1. The minimum absolute atomic E-state index is 0.138. The van der Waals surface area contributed by atoms with Gasteiger partial charge in [-0.05, 0) is 42.7 Å². The molecule has 1 fully saturated rings. The van der Waals surface area contributed by atoms with Gasteiger partial charge in [0.1, 0.15) is 9.88 Å². The van der Waals surface area contributed by atoms with Crippen LogP contribution in [0, 0.1) is 6.92 Å². The van der Waals surface area contributed by atoms with Crippen LogP contribution in [0.15, 0.2) is 35.0 Å². The molecule has 0 spiro atoms. The van der Waals surface area contributed by atoms with Gasteiger partial charge in [0.2, 0.25) is 0 Å². The zero-order valence-electron chi connectivity index (χ0n) is 12.7. The van der Waals surface area contributed by atoms with Crippen LogP contribution in [0.2, 0.25) is 0 Å². The molecule has 1 unspecified atom stereocenters. The molecule has 4 rings (SSSR count). The Morgan fingerprint density at radius 2 is 2.09 bits per heavy atom. The van der Waals surface area contributed by atoms with Crippen LogP contribution < -0.4 is 0 Å². The second-order valence-corrected chi connectivity index (χ2v) is 8.51. The zero-order valence-corrected chi connectivity index (χ0v) is 15.1. The maximum atomic E-state index is 13.1. The highest BCUT2D eigenvalue weighted by atomic mass is 32.1. The average Bonchev–Trinajstić information content (AvgIpc) is 3.31. The van der Waals surface area contributed by atoms with Crippen LogP contribution in [0.3, 0.4) is 0 Å². The number of aromatic nitrogens is 1. The Labute approximate surface area is 147 Å². The molecule has 6 heteroatoms. The van der Waals surface area contributed by atoms with E-state index < -0.39 is 0 Å². The first-order valence-electron chi connectivity index (χ1n) is 7.59. The number of hydrogen-bond acceptors (Lipinski definition) is 5. The molecule has 1 atom stereocenters. The molecular formula is C17H16N2OS3. The largest absolute Gasteiger partial charge is 0.330 e. The summed E-state index contributed by atoms with van der Waals surface area (Å²) in [6.07, 6.45) is 2.13. The van der Waals surface area contributed by atoms with Crippen molar-refractivity contribution in [2.24, 2.45) is 0 Å². The van der Waals surface area contributed by atoms with Gasteiger partial charge >= 0.3 is 0 Å². The maximum Gasteiger partial charge on any atom is 0.266 e. The summed E-state index contributed by atoms with van der Waals surface area (Å²) in [5.41, 5.74) is 0.847. The first-order valence-corrected chi connectivity index (χ1v) is 10.2. The fourth-order valence-electron chi connectivity index (χ4n) is 3.02. The van der Waals surface area contributed by atoms with Gasteiger partial charge in [0.05, 0.1) is 16.6 Å². The molecule has 3 nitrogen and oxygen atoms in total. The van der Waals surface area contributed by atoms with E-state index in [1.54, 1.807) is 22.7 Å². The van der Waals surface area contributed by atoms with Gasteiger partial charge in [0, 0.05) is 11.4 Å². The van der Waals surface area contributed by atoms with Gasteiger partial charge in [-0.15, -0.1) is 34.0 Å². The van der Waals surface area contributed by atoms with Crippen molar-refractivity contribution in [3.63, 3.8) is 0 Å². The number of thiazole rings is 1. The Hall–Kier alpha value is -1.50. The molecule has 0 aromatic carbocycles. The molecule has 0 aliphatic carbocycles. The van der Waals surface area contributed by atoms with Gasteiger partial charge in [-0.1, -0.05) is 12.1 Å². The highest BCUT2D eigenvalue weighted by molar-refractivity contribution is 7.22. The lowest BCUT2D eigenvalue weighted by atomic mass is 10.2. The van der Waals surface area contributed by atoms with Crippen LogP contribution in [-0.2, 0) is 0 Å². The number of likely N-dealkylation sites (tertiary alicyclic amines) is 1. The average molecular weight is 361 g/mol. The first kappa shape index (κ1) is 15.1. The standard InChI is InChI=1S/C17H16N2OS3/c1-11-15(23-16(18-11)14-7-4-10-22-14)17(20)19-8-2-5-12(19)13-6-3-9-21-13/h3-4,6-7,9-10,12H,2,5,8H2,1H3. The number of hydrogen-bond donors (Lipinski definition) is 0. The molecule has 1 saturated heterocycles. The minimum Gasteiger partial charge on any atom is -0.330 e. The van der Waals surface area contributed by atoms with Crippen molar-refractivity contribution in [1.82, 2.24) is 9.88 Å². The van der Waals surface area contributed by atoms with Crippen molar-refractivity contribution in [2.75, 3.05) is 6.54 Å². The van der Waals surface area contributed by atoms with Crippen molar-refractivity contribution < 1.29 is 4.79 Å². The fraction of sp³-hybridized carbons (Fsp3) is 0.294. The number of amides is 1. The van der Waals surface area contributed by atoms with Crippen molar-refractivity contribution in [3.05, 3.63) is 50.5 Å². The van der Waals surface area contributed by atoms with Gasteiger partial charge in [-0.3, -0.25) is 4.79 Å². The predicted octanol–water partition coefficient (Wildman–Crippen LogP) is 5.22. The van der Waals surface area contributed by atoms with Gasteiger partial charge in [0.15, 0.2) is 0 Å². The summed E-state index contributed by atoms with van der Waals surface area (Å²) < 4.78 is 0. The molecule has 1 aliphatic heterocycles. The van der Waals surface area contributed by atoms with Crippen LogP contribution in [0.4, 0.5) is 0 Å². The number of thiophene rings is 2. The molecule has 0 radical (unpaired) electrons. The van der Waals surface area contributed by atoms with E-state index in [1.807, 2.05) is 23.3 Å². The Morgan fingerprint density at radius 3 is 2.83 bits per heavy atom. The Balaban J connectivity index is 1.64. The molecule has 118 valence electrons. The number of carbonyl (C=O) groups excluding carboxylic acids is 1. The molecule has 3 aromatic heterocycles. The van der Waals surface area contributed by atoms with E-state index in [0.29, 0.717) is 0 Å². The lowest BCUT2D eigenvalue weighted by molar-refractivity contribution is 0.0742. The zero-order chi connectivity index (χ0) is 15.8. The highest BCUT2D eigenvalue weighted by Crippen LogP contribution is 2.38. The number of aryl methyl sites for hydroxylation is 1. The van der Waals surface area contributed by atoms with Crippen LogP contribution in [0.25, 0.3) is 9.88 Å². The molecule has 1 aliphatic rings. The second-order valence-electron chi connectivity index (χ2n) is 5.58. The monoisotopic (exact) mass is 360 g/mol. The highest BCUT2D eigenvalue weighted by Gasteiger charge is 2.33. The molecular weight excluding hydrogens is 344 g/mol. The SMILES string of the molecule is Cc1nc(-c2cccs2)sc1C(=O)N1CCCC1c1cccs1. The molecule has 1 amide bonds. The van der Waals surface area contributed by atoms with Crippen molar-refractivity contribution in [2.45, 2.75) is 25.8 Å². The summed E-state index contributed by atoms with van der Waals surface area (Å²) >= 11 is 4.93. The molecule has 3 aromatic rings. The molecule has 0 saturated carbocycles. The van der Waals surface area contributed by atoms with E-state index in [2.05, 4.69) is 28.6 Å². The van der Waals surface area contributed by atoms with Gasteiger partial charge < -0.3 is 4.90 Å². The summed E-state index contributed by atoms with van der Waals surface area (Å²) in [6.45, 7) is 2.78. The van der Waals surface area contributed by atoms with Crippen LogP contribution >= 0.6 is 34.0 Å². The lowest BCUT2D eigenvalue weighted by Crippen LogP contribution is -2.30. The third kappa shape index (κ3) is 2.75. The summed E-state index contributed by atoms with van der Waals surface area (Å²) in [5, 5.41) is 5.08. The Kier molecular flexibility index (Phi) is 4.05. The number of carbonyl (C=O) groups is 1. The lowest BCUT2D eigenvalue weighted by Gasteiger charge is -2.23. The van der Waals surface area contributed by atoms with E-state index in [0.717, 1.165) is 39.8 Å². The third-order valence-electron chi connectivity index (χ3n) is 4.11. The number of nitrogens with zero attached hydrogens (tertiary/aromatic N) is 2. The molecule has 0 bridgehead atoms. The van der Waals surface area contributed by atoms with E-state index in [9.17, 15) is 4.79 Å². The Morgan fingerprint density at radius 1 is 1.26 bits per heavy atom. The minimum atomic E-state index is 0.138. The van der Waals surface area contributed by atoms with Crippen molar-refractivity contribution in [1.29, 1.82) is 0 Å². The third-order valence-corrected chi connectivity index (χ3v) is 7.27. The first-order chi connectivity index (χ1) is 11.2. The van der Waals surface area contributed by atoms with E-state index >= 15 is 0 Å². The normalized spacial score (nSPS) is 17.8. The topological polar surface area (TPSA) is 33.2 Å². The van der Waals surface area contributed by atoms with E-state index in [-0.39, 0.29) is 11.9 Å². The van der Waals surface area contributed by atoms with Crippen molar-refractivity contribution >= 4 is 39.9 Å². The summed E-state index contributed by atoms with van der Waals surface area (Å²) in [6, 6.07) is 8.51. The number of rotatable bonds is 3. The molecule has 23 heavy (non-hydrogen) atoms. The fourth-order valence-corrected chi connectivity index (χ4v) is 5.71. The van der Waals surface area contributed by atoms with Crippen LogP contribution in [-0.4, -0.2) is 22.3 Å². The summed E-state index contributed by atoms with van der Waals surface area (Å²) in [7, 11) is 0. The summed E-state index contributed by atoms with van der Waals surface area (Å²) in [4.78, 5) is 22.9. The summed E-state index contributed by atoms with van der Waals surface area (Å²) in [5.74, 6) is 0.138. The van der Waals surface area contributed by atoms with Gasteiger partial charge in [0.25, 0.3) is 5.91 Å². The van der Waals surface area contributed by atoms with E-state index in [4.69, 9.17) is 0 Å². The quantitative estimate of drug-likeness (QED) is 0.641. The van der Waals surface area contributed by atoms with Crippen molar-refractivity contribution in [3.8, 4) is 9.88 Å². The Bertz CT molecular complexity index is 805. The predicted molar refractivity (Wildman–Crippen MR) is 97.5 cm³/mol. The van der Waals surface area contributed by atoms with Gasteiger partial charge in [-0.25, -0.2) is 4.98 Å². The van der Waals surface area contributed by atoms with Crippen LogP contribution in [0.1, 0.15) is 39.1 Å². The van der Waals surface area contributed by atoms with Crippen LogP contribution in [0.5, 0.6) is 0 Å². The molecule has 0 N–H and O–H groups in total. The second kappa shape index (κ2) is 6.19. The van der Waals surface area contributed by atoms with Gasteiger partial charge in [-0.2, -0.15) is 0 Å².